The first-order valence-corrected chi connectivity index (χ1v) is 7.61. The average Bonchev–Trinajstić information content (AvgIpc) is 2.89. The molecule has 1 N–H and O–H groups in total. The molecule has 10 heteroatoms. The predicted octanol–water partition coefficient (Wildman–Crippen LogP) is 2.85. The van der Waals surface area contributed by atoms with Gasteiger partial charge in [-0.1, -0.05) is 6.42 Å². The second-order valence-corrected chi connectivity index (χ2v) is 6.03. The third-order valence-corrected chi connectivity index (χ3v) is 4.55. The number of nitrogens with zero attached hydrogens (tertiary/aromatic N) is 3. The summed E-state index contributed by atoms with van der Waals surface area (Å²) >= 11 is 0. The van der Waals surface area contributed by atoms with Crippen LogP contribution in [0.25, 0.3) is 0 Å². The molecule has 0 bridgehead atoms. The Morgan fingerprint density at radius 2 is 1.96 bits per heavy atom. The van der Waals surface area contributed by atoms with Crippen LogP contribution < -0.4 is 0 Å². The van der Waals surface area contributed by atoms with Gasteiger partial charge in [-0.3, -0.25) is 14.9 Å². The lowest BCUT2D eigenvalue weighted by molar-refractivity contribution is -0.384. The maximum absolute atomic E-state index is 13.6. The van der Waals surface area contributed by atoms with Crippen LogP contribution in [-0.2, 0) is 0 Å². The molecule has 2 unspecified atom stereocenters. The molecule has 2 aliphatic rings. The number of amides is 1. The van der Waals surface area contributed by atoms with Crippen molar-refractivity contribution in [1.82, 2.24) is 5.01 Å². The van der Waals surface area contributed by atoms with Crippen molar-refractivity contribution in [2.24, 2.45) is 11.0 Å². The Bertz CT molecular complexity index is 747. The van der Waals surface area contributed by atoms with Gasteiger partial charge in [0.2, 0.25) is 0 Å². The Morgan fingerprint density at radius 1 is 1.32 bits per heavy atom. The number of non-ortho nitro benzene ring substituents is 1. The number of benzene rings is 1. The quantitative estimate of drug-likeness (QED) is 0.650. The van der Waals surface area contributed by atoms with Gasteiger partial charge in [-0.15, -0.1) is 0 Å². The van der Waals surface area contributed by atoms with Gasteiger partial charge in [0, 0.05) is 23.4 Å². The lowest BCUT2D eigenvalue weighted by Gasteiger charge is -2.38. The van der Waals surface area contributed by atoms with Crippen molar-refractivity contribution in [3.63, 3.8) is 0 Å². The van der Waals surface area contributed by atoms with Gasteiger partial charge in [-0.2, -0.15) is 23.3 Å². The minimum absolute atomic E-state index is 0.0822. The molecule has 134 valence electrons. The Labute approximate surface area is 139 Å². The van der Waals surface area contributed by atoms with Crippen molar-refractivity contribution in [3.8, 4) is 0 Å². The van der Waals surface area contributed by atoms with Crippen LogP contribution >= 0.6 is 0 Å². The van der Waals surface area contributed by atoms with Crippen molar-refractivity contribution in [2.45, 2.75) is 37.6 Å². The van der Waals surface area contributed by atoms with E-state index in [1.165, 1.54) is 0 Å². The minimum Gasteiger partial charge on any atom is -0.362 e. The van der Waals surface area contributed by atoms with Gasteiger partial charge in [0.1, 0.15) is 0 Å². The number of hydrazone groups is 1. The second-order valence-electron chi connectivity index (χ2n) is 6.03. The summed E-state index contributed by atoms with van der Waals surface area (Å²) in [5.41, 5.74) is -3.77. The van der Waals surface area contributed by atoms with Crippen molar-refractivity contribution in [1.29, 1.82) is 0 Å². The van der Waals surface area contributed by atoms with E-state index in [1.54, 1.807) is 0 Å². The minimum atomic E-state index is -5.09. The summed E-state index contributed by atoms with van der Waals surface area (Å²) < 4.78 is 40.8. The molecule has 1 aromatic rings. The SMILES string of the molecule is O=C(c1ccc([N+](=O)[O-])cc1)N1N=C2CCCCC2C1(O)C(F)(F)F. The van der Waals surface area contributed by atoms with E-state index in [2.05, 4.69) is 5.10 Å². The van der Waals surface area contributed by atoms with Crippen molar-refractivity contribution in [2.75, 3.05) is 0 Å². The molecule has 0 spiro atoms. The fraction of sp³-hybridized carbons (Fsp3) is 0.467. The molecule has 7 nitrogen and oxygen atoms in total. The topological polar surface area (TPSA) is 96.0 Å². The predicted molar refractivity (Wildman–Crippen MR) is 79.7 cm³/mol. The van der Waals surface area contributed by atoms with Crippen LogP contribution in [0.4, 0.5) is 18.9 Å². The number of alkyl halides is 3. The molecule has 1 saturated carbocycles. The summed E-state index contributed by atoms with van der Waals surface area (Å²) in [5, 5.41) is 24.9. The summed E-state index contributed by atoms with van der Waals surface area (Å²) in [6, 6.07) is 4.10. The molecule has 1 heterocycles. The van der Waals surface area contributed by atoms with E-state index in [4.69, 9.17) is 0 Å². The normalized spacial score (nSPS) is 26.2. The summed E-state index contributed by atoms with van der Waals surface area (Å²) in [6.07, 6.45) is -3.58. The molecule has 0 radical (unpaired) electrons. The van der Waals surface area contributed by atoms with Gasteiger partial charge in [0.25, 0.3) is 17.3 Å². The van der Waals surface area contributed by atoms with Crippen LogP contribution in [0.15, 0.2) is 29.4 Å². The maximum atomic E-state index is 13.6. The standard InChI is InChI=1S/C15H14F3N3O4/c16-15(17,18)14(23)11-3-1-2-4-12(11)19-20(14)13(22)9-5-7-10(8-6-9)21(24)25/h5-8,11,23H,1-4H2. The average molecular weight is 357 g/mol. The van der Waals surface area contributed by atoms with Crippen molar-refractivity contribution < 1.29 is 28.0 Å². The zero-order chi connectivity index (χ0) is 18.4. The largest absolute Gasteiger partial charge is 0.439 e. The molecule has 1 fully saturated rings. The van der Waals surface area contributed by atoms with Gasteiger partial charge < -0.3 is 5.11 Å². The molecule has 1 aliphatic heterocycles. The van der Waals surface area contributed by atoms with Gasteiger partial charge in [0.15, 0.2) is 0 Å². The Hall–Kier alpha value is -2.49. The van der Waals surface area contributed by atoms with Crippen molar-refractivity contribution in [3.05, 3.63) is 39.9 Å². The molecular formula is C15H14F3N3O4. The van der Waals surface area contributed by atoms with Crippen LogP contribution in [0.3, 0.4) is 0 Å². The number of halogens is 3. The highest BCUT2D eigenvalue weighted by molar-refractivity contribution is 5.99. The van der Waals surface area contributed by atoms with Gasteiger partial charge in [0.05, 0.1) is 10.8 Å². The molecule has 25 heavy (non-hydrogen) atoms. The lowest BCUT2D eigenvalue weighted by atomic mass is 9.80. The van der Waals surface area contributed by atoms with E-state index in [1.807, 2.05) is 0 Å². The zero-order valence-electron chi connectivity index (χ0n) is 12.9. The lowest BCUT2D eigenvalue weighted by Crippen LogP contribution is -2.61. The van der Waals surface area contributed by atoms with Crippen molar-refractivity contribution >= 4 is 17.3 Å². The van der Waals surface area contributed by atoms with E-state index in [0.717, 1.165) is 24.3 Å². The van der Waals surface area contributed by atoms with Crippen LogP contribution in [0, 0.1) is 16.0 Å². The Morgan fingerprint density at radius 3 is 2.52 bits per heavy atom. The first kappa shape index (κ1) is 17.3. The molecule has 1 aliphatic carbocycles. The number of nitro groups is 1. The molecule has 3 rings (SSSR count). The second kappa shape index (κ2) is 5.80. The van der Waals surface area contributed by atoms with Gasteiger partial charge in [-0.25, -0.2) is 0 Å². The Kier molecular flexibility index (Phi) is 4.02. The number of hydrogen-bond donors (Lipinski definition) is 1. The smallest absolute Gasteiger partial charge is 0.362 e. The van der Waals surface area contributed by atoms with E-state index < -0.39 is 28.6 Å². The molecule has 1 amide bonds. The van der Waals surface area contributed by atoms with E-state index >= 15 is 0 Å². The number of rotatable bonds is 2. The fourth-order valence-corrected chi connectivity index (χ4v) is 3.27. The monoisotopic (exact) mass is 357 g/mol. The van der Waals surface area contributed by atoms with Crippen LogP contribution in [0.2, 0.25) is 0 Å². The fourth-order valence-electron chi connectivity index (χ4n) is 3.27. The highest BCUT2D eigenvalue weighted by Crippen LogP contribution is 2.48. The number of fused-ring (bicyclic) bond motifs is 1. The number of carbonyl (C=O) groups is 1. The number of aliphatic hydroxyl groups is 1. The van der Waals surface area contributed by atoms with E-state index in [-0.39, 0.29) is 34.8 Å². The summed E-state index contributed by atoms with van der Waals surface area (Å²) in [7, 11) is 0. The highest BCUT2D eigenvalue weighted by Gasteiger charge is 2.68. The first-order chi connectivity index (χ1) is 11.7. The molecule has 0 aromatic heterocycles. The van der Waals surface area contributed by atoms with Gasteiger partial charge in [-0.05, 0) is 31.4 Å². The summed E-state index contributed by atoms with van der Waals surface area (Å²) in [4.78, 5) is 22.5. The zero-order valence-corrected chi connectivity index (χ0v) is 12.9. The maximum Gasteiger partial charge on any atom is 0.439 e. The van der Waals surface area contributed by atoms with Crippen LogP contribution in [-0.4, -0.2) is 38.6 Å². The summed E-state index contributed by atoms with van der Waals surface area (Å²) in [5.74, 6) is -2.44. The number of nitro benzene ring substituents is 1. The van der Waals surface area contributed by atoms with Crippen LogP contribution in [0.1, 0.15) is 36.0 Å². The number of hydrogen-bond acceptors (Lipinski definition) is 5. The number of carbonyl (C=O) groups excluding carboxylic acids is 1. The summed E-state index contributed by atoms with van der Waals surface area (Å²) in [6.45, 7) is 0. The van der Waals surface area contributed by atoms with Crippen LogP contribution in [0.5, 0.6) is 0 Å². The first-order valence-electron chi connectivity index (χ1n) is 7.61. The molecule has 2 atom stereocenters. The molecular weight excluding hydrogens is 343 g/mol. The highest BCUT2D eigenvalue weighted by atomic mass is 19.4. The third kappa shape index (κ3) is 2.66. The Balaban J connectivity index is 1.99. The third-order valence-electron chi connectivity index (χ3n) is 4.55. The molecule has 0 saturated heterocycles. The van der Waals surface area contributed by atoms with Gasteiger partial charge >= 0.3 is 6.18 Å². The molecule has 1 aromatic carbocycles. The van der Waals surface area contributed by atoms with E-state index in [9.17, 15) is 33.2 Å². The van der Waals surface area contributed by atoms with E-state index in [0.29, 0.717) is 12.8 Å².